The van der Waals surface area contributed by atoms with E-state index < -0.39 is 6.10 Å². The molecular formula is C24H34N2O4S. The van der Waals surface area contributed by atoms with Crippen LogP contribution in [0.15, 0.2) is 35.7 Å². The highest BCUT2D eigenvalue weighted by molar-refractivity contribution is 7.10. The van der Waals surface area contributed by atoms with Crippen molar-refractivity contribution in [2.75, 3.05) is 46.5 Å². The Morgan fingerprint density at radius 2 is 2.23 bits per heavy atom. The second kappa shape index (κ2) is 11.6. The smallest absolute Gasteiger partial charge is 0.237 e. The van der Waals surface area contributed by atoms with E-state index in [0.29, 0.717) is 39.3 Å². The van der Waals surface area contributed by atoms with E-state index in [-0.39, 0.29) is 18.5 Å². The van der Waals surface area contributed by atoms with Crippen LogP contribution in [0.25, 0.3) is 0 Å². The molecule has 0 bridgehead atoms. The molecule has 6 nitrogen and oxygen atoms in total. The monoisotopic (exact) mass is 446 g/mol. The Hall–Kier alpha value is -1.93. The largest absolute Gasteiger partial charge is 0.491 e. The van der Waals surface area contributed by atoms with Gasteiger partial charge in [0.05, 0.1) is 25.3 Å². The quantitative estimate of drug-likeness (QED) is 0.574. The molecule has 0 aliphatic carbocycles. The molecule has 0 saturated carbocycles. The first-order valence-corrected chi connectivity index (χ1v) is 11.8. The molecule has 1 amide bonds. The molecule has 1 N–H and O–H groups in total. The molecule has 170 valence electrons. The Bertz CT molecular complexity index is 840. The van der Waals surface area contributed by atoms with Crippen LogP contribution in [0.2, 0.25) is 0 Å². The molecule has 2 aromatic rings. The highest BCUT2D eigenvalue weighted by Gasteiger charge is 2.33. The first-order chi connectivity index (χ1) is 15.0. The molecule has 1 aliphatic heterocycles. The van der Waals surface area contributed by atoms with E-state index in [9.17, 15) is 9.90 Å². The number of nitrogens with zero attached hydrogens (tertiary/aromatic N) is 2. The van der Waals surface area contributed by atoms with E-state index in [1.165, 1.54) is 10.4 Å². The van der Waals surface area contributed by atoms with Crippen molar-refractivity contribution < 1.29 is 19.4 Å². The molecule has 31 heavy (non-hydrogen) atoms. The van der Waals surface area contributed by atoms with Crippen molar-refractivity contribution in [3.8, 4) is 5.75 Å². The van der Waals surface area contributed by atoms with Gasteiger partial charge in [-0.3, -0.25) is 9.69 Å². The van der Waals surface area contributed by atoms with Gasteiger partial charge in [0, 0.05) is 31.6 Å². The summed E-state index contributed by atoms with van der Waals surface area (Å²) in [5, 5.41) is 12.2. The number of aryl methyl sites for hydroxylation is 1. The molecule has 7 heteroatoms. The number of carbonyl (C=O) groups is 1. The number of rotatable bonds is 11. The predicted octanol–water partition coefficient (Wildman–Crippen LogP) is 3.28. The standard InChI is InChI=1S/C24H34N2O4S/c1-4-19(27)15-25(11-12-29-3)16-24(28)26-10-8-23-21(9-13-31-23)22(26)17-30-20-7-5-6-18(2)14-20/h5-7,9,13-14,19,22,27H,4,8,10-12,15-17H2,1-3H3/t19-,22-/m0/s1. The summed E-state index contributed by atoms with van der Waals surface area (Å²) < 4.78 is 11.3. The molecule has 3 rings (SSSR count). The van der Waals surface area contributed by atoms with Crippen molar-refractivity contribution in [2.45, 2.75) is 38.8 Å². The lowest BCUT2D eigenvalue weighted by atomic mass is 10.0. The van der Waals surface area contributed by atoms with Gasteiger partial charge in [-0.05, 0) is 54.5 Å². The fraction of sp³-hybridized carbons (Fsp3) is 0.542. The van der Waals surface area contributed by atoms with Crippen LogP contribution in [-0.2, 0) is 16.0 Å². The molecule has 2 atom stereocenters. The summed E-state index contributed by atoms with van der Waals surface area (Å²) in [4.78, 5) is 18.6. The van der Waals surface area contributed by atoms with Gasteiger partial charge in [-0.1, -0.05) is 19.1 Å². The van der Waals surface area contributed by atoms with Crippen LogP contribution < -0.4 is 4.74 Å². The number of amides is 1. The van der Waals surface area contributed by atoms with E-state index in [1.807, 2.05) is 47.9 Å². The van der Waals surface area contributed by atoms with E-state index in [2.05, 4.69) is 11.4 Å². The van der Waals surface area contributed by atoms with Gasteiger partial charge in [0.15, 0.2) is 0 Å². The molecule has 2 heterocycles. The molecular weight excluding hydrogens is 412 g/mol. The van der Waals surface area contributed by atoms with Crippen molar-refractivity contribution >= 4 is 17.2 Å². The molecule has 1 aliphatic rings. The third-order valence-corrected chi connectivity index (χ3v) is 6.72. The Labute approximate surface area is 189 Å². The van der Waals surface area contributed by atoms with Crippen LogP contribution in [0.5, 0.6) is 5.75 Å². The summed E-state index contributed by atoms with van der Waals surface area (Å²) in [7, 11) is 1.65. The summed E-state index contributed by atoms with van der Waals surface area (Å²) in [6, 6.07) is 10.0. The predicted molar refractivity (Wildman–Crippen MR) is 124 cm³/mol. The third-order valence-electron chi connectivity index (χ3n) is 5.72. The minimum atomic E-state index is -0.449. The van der Waals surface area contributed by atoms with Gasteiger partial charge in [-0.15, -0.1) is 11.3 Å². The van der Waals surface area contributed by atoms with Crippen molar-refractivity contribution in [3.63, 3.8) is 0 Å². The van der Waals surface area contributed by atoms with E-state index >= 15 is 0 Å². The molecule has 1 aromatic heterocycles. The van der Waals surface area contributed by atoms with E-state index in [1.54, 1.807) is 18.4 Å². The number of thiophene rings is 1. The fourth-order valence-electron chi connectivity index (χ4n) is 3.92. The Morgan fingerprint density at radius 3 is 2.97 bits per heavy atom. The summed E-state index contributed by atoms with van der Waals surface area (Å²) >= 11 is 1.75. The maximum atomic E-state index is 13.4. The SMILES string of the molecule is CC[C@H](O)CN(CCOC)CC(=O)N1CCc2sccc2[C@@H]1COc1cccc(C)c1. The number of ether oxygens (including phenoxy) is 2. The van der Waals surface area contributed by atoms with Crippen LogP contribution in [-0.4, -0.2) is 73.4 Å². The van der Waals surface area contributed by atoms with Gasteiger partial charge >= 0.3 is 0 Å². The number of aliphatic hydroxyl groups is 1. The fourth-order valence-corrected chi connectivity index (χ4v) is 4.85. The molecule has 0 radical (unpaired) electrons. The van der Waals surface area contributed by atoms with Crippen LogP contribution in [0.1, 0.15) is 35.4 Å². The second-order valence-corrected chi connectivity index (χ2v) is 9.07. The average molecular weight is 447 g/mol. The van der Waals surface area contributed by atoms with Crippen LogP contribution in [0.4, 0.5) is 0 Å². The topological polar surface area (TPSA) is 62.2 Å². The molecule has 0 fully saturated rings. The molecule has 0 unspecified atom stereocenters. The van der Waals surface area contributed by atoms with Crippen molar-refractivity contribution in [3.05, 3.63) is 51.7 Å². The van der Waals surface area contributed by atoms with Crippen LogP contribution in [0, 0.1) is 6.92 Å². The van der Waals surface area contributed by atoms with Gasteiger partial charge in [0.25, 0.3) is 0 Å². The summed E-state index contributed by atoms with van der Waals surface area (Å²) in [5.41, 5.74) is 2.34. The summed E-state index contributed by atoms with van der Waals surface area (Å²) in [6.45, 7) is 6.97. The zero-order chi connectivity index (χ0) is 22.2. The lowest BCUT2D eigenvalue weighted by Crippen LogP contribution is -2.48. The van der Waals surface area contributed by atoms with Gasteiger partial charge < -0.3 is 19.5 Å². The first-order valence-electron chi connectivity index (χ1n) is 11.0. The van der Waals surface area contributed by atoms with Crippen molar-refractivity contribution in [2.24, 2.45) is 0 Å². The Balaban J connectivity index is 1.72. The van der Waals surface area contributed by atoms with Gasteiger partial charge in [0.2, 0.25) is 5.91 Å². The molecule has 0 saturated heterocycles. The average Bonchev–Trinajstić information content (AvgIpc) is 3.24. The highest BCUT2D eigenvalue weighted by atomic mass is 32.1. The minimum Gasteiger partial charge on any atom is -0.491 e. The van der Waals surface area contributed by atoms with Crippen LogP contribution >= 0.6 is 11.3 Å². The summed E-state index contributed by atoms with van der Waals surface area (Å²) in [6.07, 6.45) is 1.08. The zero-order valence-electron chi connectivity index (χ0n) is 18.8. The second-order valence-electron chi connectivity index (χ2n) is 8.07. The van der Waals surface area contributed by atoms with E-state index in [4.69, 9.17) is 9.47 Å². The zero-order valence-corrected chi connectivity index (χ0v) is 19.6. The normalized spacial score (nSPS) is 16.9. The number of benzene rings is 1. The number of hydrogen-bond acceptors (Lipinski definition) is 6. The summed E-state index contributed by atoms with van der Waals surface area (Å²) in [5.74, 6) is 0.886. The van der Waals surface area contributed by atoms with Crippen molar-refractivity contribution in [1.82, 2.24) is 9.80 Å². The lowest BCUT2D eigenvalue weighted by Gasteiger charge is -2.37. The minimum absolute atomic E-state index is 0.0640. The third kappa shape index (κ3) is 6.53. The van der Waals surface area contributed by atoms with Gasteiger partial charge in [-0.25, -0.2) is 0 Å². The number of aliphatic hydroxyl groups excluding tert-OH is 1. The molecule has 1 aromatic carbocycles. The number of methoxy groups -OCH3 is 1. The number of hydrogen-bond donors (Lipinski definition) is 1. The maximum Gasteiger partial charge on any atom is 0.237 e. The highest BCUT2D eigenvalue weighted by Crippen LogP contribution is 2.34. The Morgan fingerprint density at radius 1 is 1.39 bits per heavy atom. The lowest BCUT2D eigenvalue weighted by molar-refractivity contribution is -0.136. The van der Waals surface area contributed by atoms with E-state index in [0.717, 1.165) is 17.7 Å². The van der Waals surface area contributed by atoms with Gasteiger partial charge in [0.1, 0.15) is 12.4 Å². The first kappa shape index (κ1) is 23.7. The number of fused-ring (bicyclic) bond motifs is 1. The number of carbonyl (C=O) groups excluding carboxylic acids is 1. The Kier molecular flexibility index (Phi) is 8.90. The van der Waals surface area contributed by atoms with Crippen LogP contribution in [0.3, 0.4) is 0 Å². The van der Waals surface area contributed by atoms with Gasteiger partial charge in [-0.2, -0.15) is 0 Å². The van der Waals surface area contributed by atoms with Crippen molar-refractivity contribution in [1.29, 1.82) is 0 Å². The molecule has 0 spiro atoms. The maximum absolute atomic E-state index is 13.4.